The molecule has 2 rings (SSSR count). The van der Waals surface area contributed by atoms with Gasteiger partial charge in [0.05, 0.1) is 16.9 Å². The van der Waals surface area contributed by atoms with E-state index < -0.39 is 21.4 Å². The first-order valence-electron chi connectivity index (χ1n) is 6.64. The molecule has 0 amide bonds. The highest BCUT2D eigenvalue weighted by atomic mass is 32.2. The van der Waals surface area contributed by atoms with Crippen LogP contribution in [0.1, 0.15) is 18.4 Å². The second-order valence-corrected chi connectivity index (χ2v) is 7.28. The number of hydrogen-bond donors (Lipinski definition) is 1. The van der Waals surface area contributed by atoms with E-state index in [1.165, 1.54) is 30.6 Å². The van der Waals surface area contributed by atoms with Crippen LogP contribution in [-0.4, -0.2) is 51.1 Å². The molecule has 1 aliphatic rings. The molecule has 0 spiro atoms. The average Bonchev–Trinajstić information content (AvgIpc) is 3.26. The van der Waals surface area contributed by atoms with Crippen molar-refractivity contribution in [3.05, 3.63) is 29.8 Å². The van der Waals surface area contributed by atoms with Crippen LogP contribution in [0.4, 0.5) is 0 Å². The van der Waals surface area contributed by atoms with Crippen LogP contribution in [0, 0.1) is 0 Å². The molecular weight excluding hydrogens is 294 g/mol. The Hall–Kier alpha value is -1.44. The number of rotatable bonds is 7. The first-order valence-corrected chi connectivity index (χ1v) is 8.08. The Kier molecular flexibility index (Phi) is 4.36. The number of hydrogen-bond acceptors (Lipinski definition) is 4. The maximum atomic E-state index is 12.3. The number of aliphatic carboxylic acids is 1. The summed E-state index contributed by atoms with van der Waals surface area (Å²) in [5.74, 6) is -0.852. The number of carbonyl (C=O) groups is 1. The van der Waals surface area contributed by atoms with E-state index >= 15 is 0 Å². The normalized spacial score (nSPS) is 16.9. The lowest BCUT2D eigenvalue weighted by Crippen LogP contribution is -2.30. The van der Waals surface area contributed by atoms with Crippen LogP contribution in [0.25, 0.3) is 0 Å². The van der Waals surface area contributed by atoms with Gasteiger partial charge in [0.25, 0.3) is 0 Å². The highest BCUT2D eigenvalue weighted by molar-refractivity contribution is 7.89. The van der Waals surface area contributed by atoms with Gasteiger partial charge in [0, 0.05) is 20.7 Å². The lowest BCUT2D eigenvalue weighted by molar-refractivity contribution is -0.140. The van der Waals surface area contributed by atoms with Crippen LogP contribution in [0.3, 0.4) is 0 Å². The van der Waals surface area contributed by atoms with E-state index in [1.807, 2.05) is 0 Å². The number of nitrogens with zero attached hydrogens (tertiary/aromatic N) is 1. The Bertz CT molecular complexity index is 619. The van der Waals surface area contributed by atoms with Crippen LogP contribution in [0.5, 0.6) is 0 Å². The average molecular weight is 313 g/mol. The van der Waals surface area contributed by atoms with Gasteiger partial charge in [0.15, 0.2) is 0 Å². The van der Waals surface area contributed by atoms with Crippen LogP contribution < -0.4 is 0 Å². The zero-order chi connectivity index (χ0) is 15.7. The molecule has 21 heavy (non-hydrogen) atoms. The molecule has 0 heterocycles. The van der Waals surface area contributed by atoms with Gasteiger partial charge in [-0.05, 0) is 30.5 Å². The molecular formula is C14H19NO5S. The maximum absolute atomic E-state index is 12.3. The summed E-state index contributed by atoms with van der Waals surface area (Å²) in [6, 6.07) is 6.13. The van der Waals surface area contributed by atoms with E-state index in [1.54, 1.807) is 12.1 Å². The molecule has 1 aromatic rings. The Balaban J connectivity index is 2.21. The van der Waals surface area contributed by atoms with Gasteiger partial charge in [0.1, 0.15) is 0 Å². The second-order valence-electron chi connectivity index (χ2n) is 5.23. The van der Waals surface area contributed by atoms with E-state index in [0.29, 0.717) is 25.0 Å². The summed E-state index contributed by atoms with van der Waals surface area (Å²) < 4.78 is 30.7. The zero-order valence-electron chi connectivity index (χ0n) is 12.1. The van der Waals surface area contributed by atoms with Gasteiger partial charge in [-0.2, -0.15) is 4.31 Å². The van der Waals surface area contributed by atoms with Crippen molar-refractivity contribution in [2.75, 3.05) is 27.3 Å². The fraction of sp³-hybridized carbons (Fsp3) is 0.500. The smallest absolute Gasteiger partial charge is 0.314 e. The van der Waals surface area contributed by atoms with Crippen molar-refractivity contribution in [3.8, 4) is 0 Å². The van der Waals surface area contributed by atoms with Crippen molar-refractivity contribution in [2.45, 2.75) is 23.2 Å². The summed E-state index contributed by atoms with van der Waals surface area (Å²) in [5.41, 5.74) is -0.155. The molecule has 0 aliphatic heterocycles. The highest BCUT2D eigenvalue weighted by Crippen LogP contribution is 2.48. The minimum Gasteiger partial charge on any atom is -0.481 e. The third-order valence-electron chi connectivity index (χ3n) is 3.88. The molecule has 7 heteroatoms. The number of methoxy groups -OCH3 is 1. The van der Waals surface area contributed by atoms with Gasteiger partial charge in [-0.25, -0.2) is 8.42 Å². The molecule has 6 nitrogen and oxygen atoms in total. The summed E-state index contributed by atoms with van der Waals surface area (Å²) in [4.78, 5) is 11.4. The molecule has 1 aromatic carbocycles. The van der Waals surface area contributed by atoms with E-state index in [2.05, 4.69) is 0 Å². The zero-order valence-corrected chi connectivity index (χ0v) is 12.9. The summed E-state index contributed by atoms with van der Waals surface area (Å²) in [6.07, 6.45) is 1.20. The quantitative estimate of drug-likeness (QED) is 0.814. The molecule has 0 unspecified atom stereocenters. The number of sulfonamides is 1. The van der Waals surface area contributed by atoms with Crippen molar-refractivity contribution in [1.29, 1.82) is 0 Å². The standard InChI is InChI=1S/C14H19NO5S/c1-15(9-10-20-2)21(18,19)12-5-3-11(4-6-12)14(7-8-14)13(16)17/h3-6H,7-10H2,1-2H3,(H,16,17). The monoisotopic (exact) mass is 313 g/mol. The molecule has 1 N–H and O–H groups in total. The maximum Gasteiger partial charge on any atom is 0.314 e. The fourth-order valence-electron chi connectivity index (χ4n) is 2.22. The number of carboxylic acid groups (broad SMARTS) is 1. The third-order valence-corrected chi connectivity index (χ3v) is 5.76. The molecule has 0 atom stereocenters. The minimum absolute atomic E-state index is 0.158. The first-order chi connectivity index (χ1) is 9.84. The molecule has 116 valence electrons. The number of likely N-dealkylation sites (N-methyl/N-ethyl adjacent to an activating group) is 1. The molecule has 1 fully saturated rings. The van der Waals surface area contributed by atoms with Crippen LogP contribution in [0.2, 0.25) is 0 Å². The summed E-state index contributed by atoms with van der Waals surface area (Å²) in [6.45, 7) is 0.579. The van der Waals surface area contributed by atoms with Crippen molar-refractivity contribution >= 4 is 16.0 Å². The molecule has 1 saturated carbocycles. The summed E-state index contributed by atoms with van der Waals surface area (Å²) >= 11 is 0. The van der Waals surface area contributed by atoms with Crippen LogP contribution >= 0.6 is 0 Å². The third kappa shape index (κ3) is 2.95. The minimum atomic E-state index is -3.57. The van der Waals surface area contributed by atoms with Crippen LogP contribution in [0.15, 0.2) is 29.2 Å². The van der Waals surface area contributed by atoms with Crippen molar-refractivity contribution in [3.63, 3.8) is 0 Å². The van der Waals surface area contributed by atoms with E-state index in [-0.39, 0.29) is 11.4 Å². The molecule has 0 bridgehead atoms. The van der Waals surface area contributed by atoms with Crippen LogP contribution in [-0.2, 0) is 25.0 Å². The fourth-order valence-corrected chi connectivity index (χ4v) is 3.37. The topological polar surface area (TPSA) is 83.9 Å². The van der Waals surface area contributed by atoms with Gasteiger partial charge in [-0.3, -0.25) is 4.79 Å². The summed E-state index contributed by atoms with van der Waals surface area (Å²) in [5, 5.41) is 9.23. The lowest BCUT2D eigenvalue weighted by Gasteiger charge is -2.17. The molecule has 0 aromatic heterocycles. The Morgan fingerprint density at radius 3 is 2.33 bits per heavy atom. The summed E-state index contributed by atoms with van der Waals surface area (Å²) in [7, 11) is -0.569. The Morgan fingerprint density at radius 2 is 1.90 bits per heavy atom. The van der Waals surface area contributed by atoms with Crippen molar-refractivity contribution in [1.82, 2.24) is 4.31 Å². The number of carboxylic acids is 1. The Morgan fingerprint density at radius 1 is 1.33 bits per heavy atom. The molecule has 0 radical (unpaired) electrons. The molecule has 0 saturated heterocycles. The molecule has 1 aliphatic carbocycles. The lowest BCUT2D eigenvalue weighted by atomic mass is 9.96. The SMILES string of the molecule is COCCN(C)S(=O)(=O)c1ccc(C2(C(=O)O)CC2)cc1. The van der Waals surface area contributed by atoms with Gasteiger partial charge in [-0.1, -0.05) is 12.1 Å². The van der Waals surface area contributed by atoms with Gasteiger partial charge in [0.2, 0.25) is 10.0 Å². The number of benzene rings is 1. The Labute approximate surface area is 124 Å². The predicted molar refractivity (Wildman–Crippen MR) is 76.7 cm³/mol. The second kappa shape index (κ2) is 5.75. The predicted octanol–water partition coefficient (Wildman–Crippen LogP) is 1.07. The van der Waals surface area contributed by atoms with E-state index in [9.17, 15) is 18.3 Å². The van der Waals surface area contributed by atoms with Gasteiger partial charge >= 0.3 is 5.97 Å². The largest absolute Gasteiger partial charge is 0.481 e. The van der Waals surface area contributed by atoms with Crippen molar-refractivity contribution < 1.29 is 23.1 Å². The van der Waals surface area contributed by atoms with Crippen molar-refractivity contribution in [2.24, 2.45) is 0 Å². The highest BCUT2D eigenvalue weighted by Gasteiger charge is 2.51. The first kappa shape index (κ1) is 15.9. The van der Waals surface area contributed by atoms with Gasteiger partial charge in [-0.15, -0.1) is 0 Å². The van der Waals surface area contributed by atoms with E-state index in [4.69, 9.17) is 4.74 Å². The van der Waals surface area contributed by atoms with E-state index in [0.717, 1.165) is 0 Å². The number of ether oxygens (including phenoxy) is 1. The van der Waals surface area contributed by atoms with Gasteiger partial charge < -0.3 is 9.84 Å².